The summed E-state index contributed by atoms with van der Waals surface area (Å²) in [4.78, 5) is 25.7. The summed E-state index contributed by atoms with van der Waals surface area (Å²) >= 11 is 4.94. The van der Waals surface area contributed by atoms with Gasteiger partial charge in [-0.3, -0.25) is 4.79 Å². The molecule has 1 amide bonds. The number of nitrogens with zero attached hydrogens (tertiary/aromatic N) is 1. The largest absolute Gasteiger partial charge is 0.480 e. The fourth-order valence-corrected chi connectivity index (χ4v) is 4.63. The third kappa shape index (κ3) is 3.61. The summed E-state index contributed by atoms with van der Waals surface area (Å²) in [6.07, 6.45) is 1.73. The van der Waals surface area contributed by atoms with Crippen LogP contribution in [0.15, 0.2) is 22.7 Å². The van der Waals surface area contributed by atoms with Crippen molar-refractivity contribution in [3.8, 4) is 0 Å². The summed E-state index contributed by atoms with van der Waals surface area (Å²) in [5.41, 5.74) is 1.51. The van der Waals surface area contributed by atoms with Gasteiger partial charge in [0.25, 0.3) is 5.91 Å². The number of aryl methyl sites for hydroxylation is 1. The highest BCUT2D eigenvalue weighted by Gasteiger charge is 2.41. The van der Waals surface area contributed by atoms with E-state index in [1.54, 1.807) is 23.9 Å². The highest BCUT2D eigenvalue weighted by Crippen LogP contribution is 2.34. The van der Waals surface area contributed by atoms with Crippen LogP contribution in [-0.2, 0) is 4.79 Å². The predicted molar refractivity (Wildman–Crippen MR) is 87.6 cm³/mol. The summed E-state index contributed by atoms with van der Waals surface area (Å²) in [6, 6.07) is 4.74. The van der Waals surface area contributed by atoms with Crippen LogP contribution in [0, 0.1) is 6.92 Å². The van der Waals surface area contributed by atoms with Crippen molar-refractivity contribution in [3.05, 3.63) is 33.8 Å². The number of carbonyl (C=O) groups is 2. The number of hydrogen-bond acceptors (Lipinski definition) is 3. The molecule has 2 rings (SSSR count). The van der Waals surface area contributed by atoms with Gasteiger partial charge in [0.1, 0.15) is 6.04 Å². The Morgan fingerprint density at radius 3 is 2.71 bits per heavy atom. The van der Waals surface area contributed by atoms with Crippen molar-refractivity contribution in [2.45, 2.75) is 38.1 Å². The van der Waals surface area contributed by atoms with Crippen LogP contribution in [0.2, 0.25) is 0 Å². The highest BCUT2D eigenvalue weighted by molar-refractivity contribution is 9.10. The minimum Gasteiger partial charge on any atom is -0.480 e. The number of benzene rings is 1. The van der Waals surface area contributed by atoms with Gasteiger partial charge in [-0.05, 0) is 37.1 Å². The Labute approximate surface area is 137 Å². The molecule has 2 atom stereocenters. The lowest BCUT2D eigenvalue weighted by Gasteiger charge is -2.27. The zero-order valence-electron chi connectivity index (χ0n) is 12.0. The zero-order valence-corrected chi connectivity index (χ0v) is 14.4. The summed E-state index contributed by atoms with van der Waals surface area (Å²) in [5, 5.41) is 9.31. The maximum atomic E-state index is 12.8. The fourth-order valence-electron chi connectivity index (χ4n) is 2.50. The van der Waals surface area contributed by atoms with E-state index in [-0.39, 0.29) is 11.3 Å². The van der Waals surface area contributed by atoms with Gasteiger partial charge in [-0.15, -0.1) is 11.8 Å². The van der Waals surface area contributed by atoms with Crippen LogP contribution in [0.4, 0.5) is 0 Å². The number of amides is 1. The average Bonchev–Trinajstić information content (AvgIpc) is 2.81. The van der Waals surface area contributed by atoms with E-state index in [9.17, 15) is 14.7 Å². The van der Waals surface area contributed by atoms with Gasteiger partial charge in [-0.1, -0.05) is 29.3 Å². The van der Waals surface area contributed by atoms with Gasteiger partial charge < -0.3 is 10.0 Å². The molecule has 1 aliphatic rings. The summed E-state index contributed by atoms with van der Waals surface area (Å²) in [7, 11) is 0. The van der Waals surface area contributed by atoms with E-state index in [0.29, 0.717) is 11.3 Å². The van der Waals surface area contributed by atoms with E-state index in [4.69, 9.17) is 0 Å². The van der Waals surface area contributed by atoms with Gasteiger partial charge >= 0.3 is 5.97 Å². The minimum atomic E-state index is -0.929. The van der Waals surface area contributed by atoms with Gasteiger partial charge in [0.05, 0.1) is 5.37 Å². The van der Waals surface area contributed by atoms with Crippen molar-refractivity contribution in [2.24, 2.45) is 0 Å². The molecule has 1 heterocycles. The second-order valence-corrected chi connectivity index (χ2v) is 7.29. The van der Waals surface area contributed by atoms with Gasteiger partial charge in [-0.25, -0.2) is 4.79 Å². The normalized spacial score (nSPS) is 21.6. The summed E-state index contributed by atoms with van der Waals surface area (Å²) < 4.78 is 0.830. The van der Waals surface area contributed by atoms with Crippen molar-refractivity contribution in [2.75, 3.05) is 5.75 Å². The standard InChI is InChI=1S/C15H18BrNO3S/c1-3-4-13-17(12(8-21-13)15(19)20)14(18)10-5-9(2)6-11(16)7-10/h5-7,12-13H,3-4,8H2,1-2H3,(H,19,20). The van der Waals surface area contributed by atoms with Crippen LogP contribution in [0.5, 0.6) is 0 Å². The van der Waals surface area contributed by atoms with Crippen molar-refractivity contribution >= 4 is 39.6 Å². The third-order valence-electron chi connectivity index (χ3n) is 3.44. The van der Waals surface area contributed by atoms with Crippen molar-refractivity contribution in [1.29, 1.82) is 0 Å². The number of hydrogen-bond donors (Lipinski definition) is 1. The number of carboxylic acid groups (broad SMARTS) is 1. The van der Waals surface area contributed by atoms with Gasteiger partial charge in [0.15, 0.2) is 0 Å². The number of carboxylic acids is 1. The molecule has 0 spiro atoms. The number of rotatable bonds is 4. The van der Waals surface area contributed by atoms with Crippen LogP contribution in [-0.4, -0.2) is 39.1 Å². The molecule has 1 N–H and O–H groups in total. The molecule has 0 aliphatic carbocycles. The van der Waals surface area contributed by atoms with Crippen LogP contribution in [0.25, 0.3) is 0 Å². The lowest BCUT2D eigenvalue weighted by molar-refractivity contribution is -0.141. The van der Waals surface area contributed by atoms with Gasteiger partial charge in [0.2, 0.25) is 0 Å². The molecule has 1 saturated heterocycles. The highest BCUT2D eigenvalue weighted by atomic mass is 79.9. The molecule has 0 aromatic heterocycles. The SMILES string of the molecule is CCCC1SCC(C(=O)O)N1C(=O)c1cc(C)cc(Br)c1. The maximum Gasteiger partial charge on any atom is 0.327 e. The molecule has 1 aromatic carbocycles. The molecular formula is C15H18BrNO3S. The Kier molecular flexibility index (Phi) is 5.32. The van der Waals surface area contributed by atoms with Gasteiger partial charge in [0, 0.05) is 15.8 Å². The Bertz CT molecular complexity index is 544. The molecule has 4 nitrogen and oxygen atoms in total. The number of carbonyl (C=O) groups excluding carboxylic acids is 1. The van der Waals surface area contributed by atoms with E-state index < -0.39 is 12.0 Å². The number of aliphatic carboxylic acids is 1. The van der Waals surface area contributed by atoms with Crippen LogP contribution >= 0.6 is 27.7 Å². The van der Waals surface area contributed by atoms with Crippen molar-refractivity contribution < 1.29 is 14.7 Å². The Morgan fingerprint density at radius 2 is 2.14 bits per heavy atom. The Morgan fingerprint density at radius 1 is 1.43 bits per heavy atom. The first-order valence-corrected chi connectivity index (χ1v) is 8.72. The molecule has 0 bridgehead atoms. The molecule has 1 aromatic rings. The molecule has 1 fully saturated rings. The summed E-state index contributed by atoms with van der Waals surface area (Å²) in [5.74, 6) is -0.671. The van der Waals surface area contributed by atoms with Gasteiger partial charge in [-0.2, -0.15) is 0 Å². The number of thioether (sulfide) groups is 1. The third-order valence-corrected chi connectivity index (χ3v) is 5.25. The molecular weight excluding hydrogens is 354 g/mol. The molecule has 6 heteroatoms. The van der Waals surface area contributed by atoms with Crippen LogP contribution < -0.4 is 0 Å². The summed E-state index contributed by atoms with van der Waals surface area (Å²) in [6.45, 7) is 3.96. The molecule has 1 aliphatic heterocycles. The van der Waals surface area contributed by atoms with E-state index in [1.165, 1.54) is 4.90 Å². The first-order chi connectivity index (χ1) is 9.93. The Balaban J connectivity index is 2.34. The first kappa shape index (κ1) is 16.4. The van der Waals surface area contributed by atoms with Crippen LogP contribution in [0.1, 0.15) is 35.7 Å². The van der Waals surface area contributed by atoms with E-state index in [1.807, 2.05) is 19.9 Å². The van der Waals surface area contributed by atoms with Crippen molar-refractivity contribution in [1.82, 2.24) is 4.90 Å². The topological polar surface area (TPSA) is 57.6 Å². The lowest BCUT2D eigenvalue weighted by Crippen LogP contribution is -2.45. The molecule has 2 unspecified atom stereocenters. The maximum absolute atomic E-state index is 12.8. The van der Waals surface area contributed by atoms with Crippen molar-refractivity contribution in [3.63, 3.8) is 0 Å². The molecule has 21 heavy (non-hydrogen) atoms. The predicted octanol–water partition coefficient (Wildman–Crippen LogP) is 3.53. The second kappa shape index (κ2) is 6.83. The molecule has 0 saturated carbocycles. The second-order valence-electron chi connectivity index (χ2n) is 5.16. The zero-order chi connectivity index (χ0) is 15.6. The number of halogens is 1. The van der Waals surface area contributed by atoms with E-state index >= 15 is 0 Å². The average molecular weight is 372 g/mol. The quantitative estimate of drug-likeness (QED) is 0.879. The molecule has 0 radical (unpaired) electrons. The van der Waals surface area contributed by atoms with E-state index in [2.05, 4.69) is 15.9 Å². The molecule has 114 valence electrons. The van der Waals surface area contributed by atoms with E-state index in [0.717, 1.165) is 22.9 Å². The monoisotopic (exact) mass is 371 g/mol. The lowest BCUT2D eigenvalue weighted by atomic mass is 10.1. The first-order valence-electron chi connectivity index (χ1n) is 6.88. The fraction of sp³-hybridized carbons (Fsp3) is 0.467. The smallest absolute Gasteiger partial charge is 0.327 e. The minimum absolute atomic E-state index is 0.0529. The van der Waals surface area contributed by atoms with Crippen LogP contribution in [0.3, 0.4) is 0 Å². The Hall–Kier alpha value is -1.01.